The molecule has 2 aliphatic rings. The lowest BCUT2D eigenvalue weighted by Gasteiger charge is -2.24. The van der Waals surface area contributed by atoms with Gasteiger partial charge in [-0.3, -0.25) is 4.79 Å². The van der Waals surface area contributed by atoms with Gasteiger partial charge in [0.25, 0.3) is 0 Å². The minimum absolute atomic E-state index is 0.0157. The summed E-state index contributed by atoms with van der Waals surface area (Å²) in [7, 11) is 0. The van der Waals surface area contributed by atoms with Crippen molar-refractivity contribution in [3.63, 3.8) is 0 Å². The van der Waals surface area contributed by atoms with Crippen LogP contribution in [0.3, 0.4) is 0 Å². The Morgan fingerprint density at radius 1 is 1.14 bits per heavy atom. The molecule has 1 atom stereocenters. The highest BCUT2D eigenvalue weighted by molar-refractivity contribution is 5.97. The molecule has 2 aromatic carbocycles. The molecule has 0 radical (unpaired) electrons. The maximum atomic E-state index is 12.7. The standard InChI is InChI=1S/C22H25N3O4/c1-2-24(14-16-6-4-3-5-7-16)22(27)23-17-12-21(26)25(15-17)18-8-9-19-20(13-18)29-11-10-28-19/h3-9,13,17H,2,10-12,14-15H2,1H3,(H,23,27). The van der Waals surface area contributed by atoms with Gasteiger partial charge in [0.15, 0.2) is 11.5 Å². The first-order valence-electron chi connectivity index (χ1n) is 9.93. The number of anilines is 1. The molecular weight excluding hydrogens is 370 g/mol. The third-order valence-corrected chi connectivity index (χ3v) is 5.18. The van der Waals surface area contributed by atoms with Gasteiger partial charge < -0.3 is 24.6 Å². The summed E-state index contributed by atoms with van der Waals surface area (Å²) in [4.78, 5) is 28.7. The molecule has 4 rings (SSSR count). The lowest BCUT2D eigenvalue weighted by atomic mass is 10.2. The number of urea groups is 1. The van der Waals surface area contributed by atoms with E-state index in [4.69, 9.17) is 9.47 Å². The van der Waals surface area contributed by atoms with Crippen LogP contribution in [-0.2, 0) is 11.3 Å². The van der Waals surface area contributed by atoms with Gasteiger partial charge in [-0.1, -0.05) is 30.3 Å². The number of hydrogen-bond acceptors (Lipinski definition) is 4. The Bertz CT molecular complexity index is 887. The lowest BCUT2D eigenvalue weighted by Crippen LogP contribution is -2.45. The molecule has 2 aromatic rings. The van der Waals surface area contributed by atoms with Crippen molar-refractivity contribution in [2.24, 2.45) is 0 Å². The van der Waals surface area contributed by atoms with E-state index in [-0.39, 0.29) is 24.4 Å². The second kappa shape index (κ2) is 8.43. The Morgan fingerprint density at radius 3 is 2.66 bits per heavy atom. The lowest BCUT2D eigenvalue weighted by molar-refractivity contribution is -0.117. The van der Waals surface area contributed by atoms with Crippen LogP contribution in [0.25, 0.3) is 0 Å². The van der Waals surface area contributed by atoms with E-state index >= 15 is 0 Å². The molecule has 1 saturated heterocycles. The average Bonchev–Trinajstić information content (AvgIpc) is 3.12. The number of hydrogen-bond donors (Lipinski definition) is 1. The van der Waals surface area contributed by atoms with Crippen molar-refractivity contribution in [2.75, 3.05) is 31.2 Å². The number of nitrogens with zero attached hydrogens (tertiary/aromatic N) is 2. The number of rotatable bonds is 5. The number of amides is 3. The minimum Gasteiger partial charge on any atom is -0.486 e. The van der Waals surface area contributed by atoms with Crippen LogP contribution in [0.1, 0.15) is 18.9 Å². The fourth-order valence-corrected chi connectivity index (χ4v) is 3.65. The molecule has 0 spiro atoms. The number of ether oxygens (including phenoxy) is 2. The van der Waals surface area contributed by atoms with Gasteiger partial charge in [-0.2, -0.15) is 0 Å². The predicted molar refractivity (Wildman–Crippen MR) is 109 cm³/mol. The summed E-state index contributed by atoms with van der Waals surface area (Å²) >= 11 is 0. The number of nitrogens with one attached hydrogen (secondary N) is 1. The van der Waals surface area contributed by atoms with Crippen LogP contribution in [0.5, 0.6) is 11.5 Å². The van der Waals surface area contributed by atoms with Gasteiger partial charge in [0.1, 0.15) is 13.2 Å². The van der Waals surface area contributed by atoms with Crippen LogP contribution in [0.15, 0.2) is 48.5 Å². The smallest absolute Gasteiger partial charge is 0.317 e. The van der Waals surface area contributed by atoms with E-state index in [1.54, 1.807) is 9.80 Å². The van der Waals surface area contributed by atoms with E-state index in [0.717, 1.165) is 11.3 Å². The van der Waals surface area contributed by atoms with Crippen LogP contribution in [0.2, 0.25) is 0 Å². The summed E-state index contributed by atoms with van der Waals surface area (Å²) in [6.07, 6.45) is 0.281. The first-order chi connectivity index (χ1) is 14.1. The molecule has 0 aliphatic carbocycles. The van der Waals surface area contributed by atoms with Crippen molar-refractivity contribution in [3.8, 4) is 11.5 Å². The summed E-state index contributed by atoms with van der Waals surface area (Å²) in [5, 5.41) is 3.01. The Kier molecular flexibility index (Phi) is 5.55. The molecule has 0 aromatic heterocycles. The zero-order chi connectivity index (χ0) is 20.2. The second-order valence-corrected chi connectivity index (χ2v) is 7.18. The largest absolute Gasteiger partial charge is 0.486 e. The fourth-order valence-electron chi connectivity index (χ4n) is 3.65. The molecule has 29 heavy (non-hydrogen) atoms. The van der Waals surface area contributed by atoms with Gasteiger partial charge in [-0.25, -0.2) is 4.79 Å². The molecule has 1 unspecified atom stereocenters. The third-order valence-electron chi connectivity index (χ3n) is 5.18. The van der Waals surface area contributed by atoms with E-state index in [9.17, 15) is 9.59 Å². The minimum atomic E-state index is -0.229. The zero-order valence-electron chi connectivity index (χ0n) is 16.5. The summed E-state index contributed by atoms with van der Waals surface area (Å²) in [5.74, 6) is 1.32. The Labute approximate surface area is 170 Å². The average molecular weight is 395 g/mol. The molecule has 2 aliphatic heterocycles. The Morgan fingerprint density at radius 2 is 1.90 bits per heavy atom. The van der Waals surface area contributed by atoms with Crippen LogP contribution >= 0.6 is 0 Å². The van der Waals surface area contributed by atoms with Crippen molar-refractivity contribution in [1.82, 2.24) is 10.2 Å². The summed E-state index contributed by atoms with van der Waals surface area (Å²) in [6.45, 7) is 4.54. The van der Waals surface area contributed by atoms with Crippen molar-refractivity contribution in [3.05, 3.63) is 54.1 Å². The monoisotopic (exact) mass is 395 g/mol. The van der Waals surface area contributed by atoms with Gasteiger partial charge in [0, 0.05) is 37.8 Å². The van der Waals surface area contributed by atoms with Crippen molar-refractivity contribution < 1.29 is 19.1 Å². The first kappa shape index (κ1) is 19.1. The predicted octanol–water partition coefficient (Wildman–Crippen LogP) is 2.79. The number of benzene rings is 2. The van der Waals surface area contributed by atoms with Gasteiger partial charge >= 0.3 is 6.03 Å². The third kappa shape index (κ3) is 4.29. The molecule has 2 heterocycles. The molecular formula is C22H25N3O4. The summed E-state index contributed by atoms with van der Waals surface area (Å²) < 4.78 is 11.2. The topological polar surface area (TPSA) is 71.1 Å². The number of carbonyl (C=O) groups is 2. The molecule has 0 bridgehead atoms. The molecule has 1 N–H and O–H groups in total. The molecule has 0 saturated carbocycles. The molecule has 7 nitrogen and oxygen atoms in total. The van der Waals surface area contributed by atoms with Gasteiger partial charge in [-0.15, -0.1) is 0 Å². The molecule has 7 heteroatoms. The normalized spacial score (nSPS) is 17.9. The second-order valence-electron chi connectivity index (χ2n) is 7.18. The molecule has 152 valence electrons. The Balaban J connectivity index is 1.39. The van der Waals surface area contributed by atoms with Crippen LogP contribution in [0.4, 0.5) is 10.5 Å². The van der Waals surface area contributed by atoms with Gasteiger partial charge in [-0.05, 0) is 24.6 Å². The molecule has 3 amide bonds. The highest BCUT2D eigenvalue weighted by Gasteiger charge is 2.33. The highest BCUT2D eigenvalue weighted by Crippen LogP contribution is 2.35. The van der Waals surface area contributed by atoms with Crippen molar-refractivity contribution >= 4 is 17.6 Å². The van der Waals surface area contributed by atoms with E-state index < -0.39 is 0 Å². The van der Waals surface area contributed by atoms with Gasteiger partial charge in [0.2, 0.25) is 5.91 Å². The van der Waals surface area contributed by atoms with E-state index in [1.165, 1.54) is 0 Å². The SMILES string of the molecule is CCN(Cc1ccccc1)C(=O)NC1CC(=O)N(c2ccc3c(c2)OCCO3)C1. The van der Waals surface area contributed by atoms with Crippen LogP contribution < -0.4 is 19.7 Å². The highest BCUT2D eigenvalue weighted by atomic mass is 16.6. The fraction of sp³-hybridized carbons (Fsp3) is 0.364. The zero-order valence-corrected chi connectivity index (χ0v) is 16.5. The first-order valence-corrected chi connectivity index (χ1v) is 9.93. The van der Waals surface area contributed by atoms with Crippen LogP contribution in [-0.4, -0.2) is 49.2 Å². The number of carbonyl (C=O) groups excluding carboxylic acids is 2. The quantitative estimate of drug-likeness (QED) is 0.845. The van der Waals surface area contributed by atoms with E-state index in [2.05, 4.69) is 5.32 Å². The van der Waals surface area contributed by atoms with Gasteiger partial charge in [0.05, 0.1) is 6.04 Å². The molecule has 1 fully saturated rings. The number of fused-ring (bicyclic) bond motifs is 1. The van der Waals surface area contributed by atoms with Crippen LogP contribution in [0, 0.1) is 0 Å². The van der Waals surface area contributed by atoms with Crippen molar-refractivity contribution in [1.29, 1.82) is 0 Å². The van der Waals surface area contributed by atoms with Crippen molar-refractivity contribution in [2.45, 2.75) is 25.9 Å². The van der Waals surface area contributed by atoms with E-state index in [0.29, 0.717) is 44.3 Å². The Hall–Kier alpha value is -3.22. The maximum absolute atomic E-state index is 12.7. The summed E-state index contributed by atoms with van der Waals surface area (Å²) in [6, 6.07) is 15.0. The van der Waals surface area contributed by atoms with E-state index in [1.807, 2.05) is 55.5 Å². The summed E-state index contributed by atoms with van der Waals surface area (Å²) in [5.41, 5.74) is 1.83. The maximum Gasteiger partial charge on any atom is 0.317 e.